The molecule has 0 saturated carbocycles. The van der Waals surface area contributed by atoms with E-state index in [1.165, 1.54) is 36.4 Å². The van der Waals surface area contributed by atoms with E-state index >= 15 is 0 Å². The van der Waals surface area contributed by atoms with Crippen molar-refractivity contribution in [3.05, 3.63) is 93.5 Å². The summed E-state index contributed by atoms with van der Waals surface area (Å²) in [6.45, 7) is 0. The summed E-state index contributed by atoms with van der Waals surface area (Å²) in [5.74, 6) is -4.30. The summed E-state index contributed by atoms with van der Waals surface area (Å²) >= 11 is 10.8. The van der Waals surface area contributed by atoms with Gasteiger partial charge in [-0.15, -0.1) is 0 Å². The highest BCUT2D eigenvalue weighted by molar-refractivity contribution is 9.10. The zero-order valence-corrected chi connectivity index (χ0v) is 22.7. The maximum absolute atomic E-state index is 14.6. The van der Waals surface area contributed by atoms with Crippen LogP contribution in [0.4, 0.5) is 55.3 Å². The number of anilines is 2. The lowest BCUT2D eigenvalue weighted by molar-refractivity contribution is -0.272. The van der Waals surface area contributed by atoms with Gasteiger partial charge < -0.3 is 10.6 Å². The molecule has 0 fully saturated rings. The van der Waals surface area contributed by atoms with Gasteiger partial charge in [0.2, 0.25) is 0 Å². The second-order valence-corrected chi connectivity index (χ2v) is 9.39. The van der Waals surface area contributed by atoms with E-state index in [4.69, 9.17) is 11.6 Å². The largest absolute Gasteiger partial charge is 0.420 e. The van der Waals surface area contributed by atoms with E-state index in [1.54, 1.807) is 0 Å². The Kier molecular flexibility index (Phi) is 10.9. The topological polar surface area (TPSA) is 58.2 Å². The summed E-state index contributed by atoms with van der Waals surface area (Å²) in [5, 5.41) is 2.40. The highest BCUT2D eigenvalue weighted by Gasteiger charge is 2.71. The predicted molar refractivity (Wildman–Crippen MR) is 137 cm³/mol. The number of carbonyl (C=O) groups is 2. The fourth-order valence-corrected chi connectivity index (χ4v) is 3.79. The monoisotopic (exact) mass is 696 g/mol. The van der Waals surface area contributed by atoms with Crippen LogP contribution in [0.3, 0.4) is 0 Å². The number of benzene rings is 3. The number of hydrogen-bond donors (Lipinski definition) is 2. The van der Waals surface area contributed by atoms with Crippen molar-refractivity contribution in [2.75, 3.05) is 10.6 Å². The molecule has 0 aromatic heterocycles. The highest BCUT2D eigenvalue weighted by Crippen LogP contribution is 2.55. The molecule has 17 heteroatoms. The normalized spacial score (nSPS) is 11.7. The third-order valence-electron chi connectivity index (χ3n) is 4.96. The van der Waals surface area contributed by atoms with Crippen molar-refractivity contribution in [3.63, 3.8) is 0 Å². The number of carbonyl (C=O) groups excluding carboxylic acids is 2. The van der Waals surface area contributed by atoms with Crippen molar-refractivity contribution in [1.29, 1.82) is 0 Å². The number of thiocarbonyl (C=S) groups is 1. The van der Waals surface area contributed by atoms with E-state index in [1.807, 2.05) is 5.32 Å². The Bertz CT molecular complexity index is 1430. The fraction of sp³-hybridized carbons (Fsp3) is 0.125. The van der Waals surface area contributed by atoms with E-state index in [-0.39, 0.29) is 28.9 Å². The zero-order chi connectivity index (χ0) is 31.3. The molecule has 0 saturated heterocycles. The van der Waals surface area contributed by atoms with Crippen LogP contribution in [0, 0.1) is 11.6 Å². The molecule has 0 atom stereocenters. The SMILES string of the molecule is FC(F)=S.O=C(Nc1c(F)cc(C(Cl)(C(F)(F)F)C(F)(F)F)cc1Br)c1cccc(NC(=O)c2ccccc2F)c1. The van der Waals surface area contributed by atoms with Gasteiger partial charge in [0.1, 0.15) is 11.6 Å². The third-order valence-corrected chi connectivity index (χ3v) is 6.23. The first-order chi connectivity index (χ1) is 18.8. The molecule has 3 aromatic carbocycles. The Morgan fingerprint density at radius 2 is 1.34 bits per heavy atom. The quantitative estimate of drug-likeness (QED) is 0.121. The average molecular weight is 698 g/mol. The molecule has 0 aliphatic rings. The Labute approximate surface area is 242 Å². The van der Waals surface area contributed by atoms with Gasteiger partial charge in [0.15, 0.2) is 0 Å². The summed E-state index contributed by atoms with van der Waals surface area (Å²) in [6, 6.07) is 10.3. The molecule has 0 heterocycles. The third kappa shape index (κ3) is 8.16. The summed E-state index contributed by atoms with van der Waals surface area (Å²) in [6.07, 6.45) is -12.1. The van der Waals surface area contributed by atoms with E-state index in [2.05, 4.69) is 33.5 Å². The molecule has 0 spiro atoms. The van der Waals surface area contributed by atoms with E-state index in [0.717, 1.165) is 12.1 Å². The lowest BCUT2D eigenvalue weighted by atomic mass is 9.96. The smallest absolute Gasteiger partial charge is 0.322 e. The van der Waals surface area contributed by atoms with Gasteiger partial charge >= 0.3 is 17.7 Å². The van der Waals surface area contributed by atoms with Crippen LogP contribution in [0.25, 0.3) is 0 Å². The molecule has 0 unspecified atom stereocenters. The predicted octanol–water partition coefficient (Wildman–Crippen LogP) is 9.00. The van der Waals surface area contributed by atoms with Crippen LogP contribution in [0.5, 0.6) is 0 Å². The maximum atomic E-state index is 14.6. The Morgan fingerprint density at radius 3 is 1.85 bits per heavy atom. The van der Waals surface area contributed by atoms with E-state index in [9.17, 15) is 53.5 Å². The maximum Gasteiger partial charge on any atom is 0.420 e. The minimum Gasteiger partial charge on any atom is -0.322 e. The molecular formula is C24H12BrClF10N2O2S. The molecule has 0 aliphatic carbocycles. The molecule has 2 N–H and O–H groups in total. The lowest BCUT2D eigenvalue weighted by Gasteiger charge is -2.32. The first-order valence-corrected chi connectivity index (χ1v) is 12.0. The summed E-state index contributed by atoms with van der Waals surface area (Å²) in [4.78, 5) is 20.0. The van der Waals surface area contributed by atoms with Crippen molar-refractivity contribution in [1.82, 2.24) is 0 Å². The van der Waals surface area contributed by atoms with Crippen molar-refractivity contribution in [2.45, 2.75) is 17.2 Å². The van der Waals surface area contributed by atoms with Gasteiger partial charge in [0.25, 0.3) is 16.7 Å². The highest BCUT2D eigenvalue weighted by atomic mass is 79.9. The number of rotatable bonds is 5. The minimum atomic E-state index is -6.03. The van der Waals surface area contributed by atoms with Crippen LogP contribution in [0.15, 0.2) is 65.1 Å². The summed E-state index contributed by atoms with van der Waals surface area (Å²) < 4.78 is 127. The van der Waals surface area contributed by atoms with Gasteiger partial charge in [0.05, 0.1) is 11.3 Å². The molecule has 0 radical (unpaired) electrons. The number of nitrogens with one attached hydrogen (secondary N) is 2. The number of alkyl halides is 7. The standard InChI is InChI=1S/C23H12BrClF8N2O2.CF2S/c24-15-9-12(21(25,22(28,29)30)23(31,32)33)10-17(27)18(15)35-19(36)11-4-3-5-13(8-11)34-20(37)14-6-1-2-7-16(14)26;2-1(3)4/h1-10H,(H,34,37)(H,35,36);. The van der Waals surface area contributed by atoms with Crippen molar-refractivity contribution >= 4 is 68.3 Å². The number of halogens is 12. The summed E-state index contributed by atoms with van der Waals surface area (Å²) in [7, 11) is 0. The Balaban J connectivity index is 0.00000138. The number of amides is 2. The van der Waals surface area contributed by atoms with Gasteiger partial charge in [0, 0.05) is 15.7 Å². The summed E-state index contributed by atoms with van der Waals surface area (Å²) in [5.41, 5.74) is -2.85. The lowest BCUT2D eigenvalue weighted by Crippen LogP contribution is -2.49. The van der Waals surface area contributed by atoms with Gasteiger partial charge in [-0.2, -0.15) is 35.1 Å². The zero-order valence-electron chi connectivity index (χ0n) is 19.5. The van der Waals surface area contributed by atoms with Gasteiger partial charge in [-0.05, 0) is 76.2 Å². The van der Waals surface area contributed by atoms with E-state index in [0.29, 0.717) is 0 Å². The second-order valence-electron chi connectivity index (χ2n) is 7.66. The first kappa shape index (κ1) is 34.0. The van der Waals surface area contributed by atoms with Crippen molar-refractivity contribution in [3.8, 4) is 0 Å². The second kappa shape index (κ2) is 13.2. The molecule has 4 nitrogen and oxygen atoms in total. The Morgan fingerprint density at radius 1 is 0.780 bits per heavy atom. The molecule has 220 valence electrons. The number of hydrogen-bond acceptors (Lipinski definition) is 3. The van der Waals surface area contributed by atoms with Gasteiger partial charge in [-0.1, -0.05) is 29.8 Å². The molecule has 2 amide bonds. The Hall–Kier alpha value is -3.24. The molecule has 0 bridgehead atoms. The van der Waals surface area contributed by atoms with Crippen LogP contribution < -0.4 is 10.6 Å². The average Bonchev–Trinajstić information content (AvgIpc) is 2.84. The molecule has 3 aromatic rings. The molecule has 3 rings (SSSR count). The van der Waals surface area contributed by atoms with Gasteiger partial charge in [-0.3, -0.25) is 9.59 Å². The van der Waals surface area contributed by atoms with Crippen molar-refractivity contribution < 1.29 is 53.5 Å². The minimum absolute atomic E-state index is 0.0399. The van der Waals surface area contributed by atoms with Crippen LogP contribution in [-0.2, 0) is 4.87 Å². The van der Waals surface area contributed by atoms with Gasteiger partial charge in [-0.25, -0.2) is 8.78 Å². The first-order valence-electron chi connectivity index (χ1n) is 10.4. The van der Waals surface area contributed by atoms with Crippen molar-refractivity contribution in [2.24, 2.45) is 0 Å². The fourth-order valence-electron chi connectivity index (χ4n) is 3.15. The molecular weight excluding hydrogens is 686 g/mol. The van der Waals surface area contributed by atoms with Crippen LogP contribution in [0.1, 0.15) is 26.3 Å². The van der Waals surface area contributed by atoms with Crippen LogP contribution in [0.2, 0.25) is 0 Å². The van der Waals surface area contributed by atoms with Crippen LogP contribution >= 0.6 is 39.7 Å². The van der Waals surface area contributed by atoms with E-state index < -0.39 is 61.8 Å². The van der Waals surface area contributed by atoms with Crippen LogP contribution in [-0.4, -0.2) is 29.5 Å². The molecule has 41 heavy (non-hydrogen) atoms. The molecule has 0 aliphatic heterocycles.